The van der Waals surface area contributed by atoms with Gasteiger partial charge in [0.15, 0.2) is 0 Å². The van der Waals surface area contributed by atoms with Gasteiger partial charge in [0.1, 0.15) is 11.8 Å². The normalized spacial score (nSPS) is 11.6. The number of benzene rings is 3. The minimum absolute atomic E-state index is 0.0933. The molecule has 0 saturated heterocycles. The number of ether oxygens (including phenoxy) is 1. The summed E-state index contributed by atoms with van der Waals surface area (Å²) in [6.07, 6.45) is 0.864. The fraction of sp³-hybridized carbons (Fsp3) is 0.208. The number of nitrogens with one attached hydrogen (secondary N) is 2. The molecule has 3 rings (SSSR count). The van der Waals surface area contributed by atoms with Crippen LogP contribution in [-0.2, 0) is 11.2 Å². The van der Waals surface area contributed by atoms with Gasteiger partial charge in [-0.15, -0.1) is 0 Å². The van der Waals surface area contributed by atoms with Gasteiger partial charge in [0.2, 0.25) is 5.91 Å². The molecule has 28 heavy (non-hydrogen) atoms. The number of aryl methyl sites for hydroxylation is 1. The second-order valence-corrected chi connectivity index (χ2v) is 6.70. The Kier molecular flexibility index (Phi) is 6.82. The van der Waals surface area contributed by atoms with Crippen molar-refractivity contribution in [3.05, 3.63) is 95.6 Å². The van der Waals surface area contributed by atoms with Crippen LogP contribution in [0, 0.1) is 6.92 Å². The molecule has 0 aliphatic heterocycles. The first-order valence-electron chi connectivity index (χ1n) is 9.45. The van der Waals surface area contributed by atoms with Crippen LogP contribution >= 0.6 is 0 Å². The lowest BCUT2D eigenvalue weighted by molar-refractivity contribution is -0.118. The van der Waals surface area contributed by atoms with E-state index in [0.29, 0.717) is 18.0 Å². The van der Waals surface area contributed by atoms with Crippen LogP contribution in [-0.4, -0.2) is 19.6 Å². The molecule has 0 spiro atoms. The van der Waals surface area contributed by atoms with Crippen molar-refractivity contribution in [2.45, 2.75) is 19.4 Å². The maximum absolute atomic E-state index is 13.0. The molecule has 3 aromatic rings. The Morgan fingerprint density at radius 3 is 2.46 bits per heavy atom. The second-order valence-electron chi connectivity index (χ2n) is 6.70. The Morgan fingerprint density at radius 2 is 1.71 bits per heavy atom. The van der Waals surface area contributed by atoms with Gasteiger partial charge >= 0.3 is 0 Å². The Bertz CT molecular complexity index is 909. The zero-order chi connectivity index (χ0) is 19.8. The summed E-state index contributed by atoms with van der Waals surface area (Å²) in [5.41, 5.74) is 4.20. The molecular formula is C24H26N2O2. The van der Waals surface area contributed by atoms with Crippen LogP contribution in [0.1, 0.15) is 22.7 Å². The first-order chi connectivity index (χ1) is 13.7. The molecule has 3 aromatic carbocycles. The van der Waals surface area contributed by atoms with Gasteiger partial charge in [-0.2, -0.15) is 0 Å². The first-order valence-corrected chi connectivity index (χ1v) is 9.45. The van der Waals surface area contributed by atoms with Gasteiger partial charge < -0.3 is 15.4 Å². The zero-order valence-corrected chi connectivity index (χ0v) is 16.3. The number of hydrogen-bond acceptors (Lipinski definition) is 3. The largest absolute Gasteiger partial charge is 0.497 e. The predicted octanol–water partition coefficient (Wildman–Crippen LogP) is 4.52. The lowest BCUT2D eigenvalue weighted by Crippen LogP contribution is -2.34. The standard InChI is InChI=1S/C24H26N2O2/c1-18-9-6-7-10-19(18)15-16-25-23(20-11-4-3-5-12-20)24(27)26-21-13-8-14-22(17-21)28-2/h3-14,17,23,25H,15-16H2,1-2H3,(H,26,27)/t23-/m1/s1. The Labute approximate surface area is 166 Å². The van der Waals surface area contributed by atoms with Gasteiger partial charge in [-0.3, -0.25) is 4.79 Å². The lowest BCUT2D eigenvalue weighted by atomic mass is 10.0. The quantitative estimate of drug-likeness (QED) is 0.610. The van der Waals surface area contributed by atoms with E-state index < -0.39 is 6.04 Å². The molecule has 0 aliphatic rings. The van der Waals surface area contributed by atoms with Gasteiger partial charge in [-0.1, -0.05) is 60.7 Å². The highest BCUT2D eigenvalue weighted by atomic mass is 16.5. The maximum atomic E-state index is 13.0. The van der Waals surface area contributed by atoms with E-state index in [1.807, 2.05) is 66.7 Å². The first kappa shape index (κ1) is 19.6. The zero-order valence-electron chi connectivity index (χ0n) is 16.3. The van der Waals surface area contributed by atoms with E-state index in [1.165, 1.54) is 11.1 Å². The van der Waals surface area contributed by atoms with Gasteiger partial charge in [0.05, 0.1) is 7.11 Å². The molecule has 144 valence electrons. The third-order valence-corrected chi connectivity index (χ3v) is 4.74. The molecule has 0 heterocycles. The predicted molar refractivity (Wildman–Crippen MR) is 114 cm³/mol. The highest BCUT2D eigenvalue weighted by molar-refractivity contribution is 5.95. The smallest absolute Gasteiger partial charge is 0.246 e. The van der Waals surface area contributed by atoms with Crippen LogP contribution in [0.5, 0.6) is 5.75 Å². The molecular weight excluding hydrogens is 348 g/mol. The summed E-state index contributed by atoms with van der Waals surface area (Å²) in [6.45, 7) is 2.81. The summed E-state index contributed by atoms with van der Waals surface area (Å²) in [5, 5.41) is 6.41. The van der Waals surface area contributed by atoms with Crippen molar-refractivity contribution in [3.63, 3.8) is 0 Å². The molecule has 0 saturated carbocycles. The van der Waals surface area contributed by atoms with Crippen molar-refractivity contribution < 1.29 is 9.53 Å². The van der Waals surface area contributed by atoms with Gasteiger partial charge in [-0.05, 0) is 42.2 Å². The minimum atomic E-state index is -0.434. The highest BCUT2D eigenvalue weighted by Gasteiger charge is 2.20. The van der Waals surface area contributed by atoms with Crippen molar-refractivity contribution >= 4 is 11.6 Å². The number of rotatable bonds is 8. The molecule has 0 radical (unpaired) electrons. The number of carbonyl (C=O) groups is 1. The van der Waals surface area contributed by atoms with Crippen molar-refractivity contribution in [2.24, 2.45) is 0 Å². The van der Waals surface area contributed by atoms with E-state index in [2.05, 4.69) is 29.7 Å². The molecule has 0 unspecified atom stereocenters. The van der Waals surface area contributed by atoms with Crippen molar-refractivity contribution in [3.8, 4) is 5.75 Å². The molecule has 1 atom stereocenters. The molecule has 0 aliphatic carbocycles. The molecule has 1 amide bonds. The summed E-state index contributed by atoms with van der Waals surface area (Å²) in [4.78, 5) is 13.0. The van der Waals surface area contributed by atoms with Crippen molar-refractivity contribution in [1.29, 1.82) is 0 Å². The molecule has 4 nitrogen and oxygen atoms in total. The SMILES string of the molecule is COc1cccc(NC(=O)[C@H](NCCc2ccccc2C)c2ccccc2)c1. The fourth-order valence-electron chi connectivity index (χ4n) is 3.16. The fourth-order valence-corrected chi connectivity index (χ4v) is 3.16. The van der Waals surface area contributed by atoms with Crippen LogP contribution in [0.2, 0.25) is 0 Å². The van der Waals surface area contributed by atoms with E-state index in [0.717, 1.165) is 12.0 Å². The second kappa shape index (κ2) is 9.72. The average Bonchev–Trinajstić information content (AvgIpc) is 2.73. The number of carbonyl (C=O) groups excluding carboxylic acids is 1. The van der Waals surface area contributed by atoms with E-state index >= 15 is 0 Å². The number of hydrogen-bond donors (Lipinski definition) is 2. The van der Waals surface area contributed by atoms with Crippen molar-refractivity contribution in [2.75, 3.05) is 19.0 Å². The Hall–Kier alpha value is -3.11. The summed E-state index contributed by atoms with van der Waals surface area (Å²) >= 11 is 0. The number of anilines is 1. The third kappa shape index (κ3) is 5.21. The van der Waals surface area contributed by atoms with Crippen LogP contribution in [0.3, 0.4) is 0 Å². The maximum Gasteiger partial charge on any atom is 0.246 e. The molecule has 2 N–H and O–H groups in total. The van der Waals surface area contributed by atoms with E-state index in [4.69, 9.17) is 4.74 Å². The van der Waals surface area contributed by atoms with Crippen LogP contribution < -0.4 is 15.4 Å². The summed E-state index contributed by atoms with van der Waals surface area (Å²) < 4.78 is 5.24. The van der Waals surface area contributed by atoms with Gasteiger partial charge in [0, 0.05) is 18.3 Å². The number of methoxy groups -OCH3 is 1. The molecule has 0 bridgehead atoms. The summed E-state index contributed by atoms with van der Waals surface area (Å²) in [7, 11) is 1.61. The van der Waals surface area contributed by atoms with E-state index in [-0.39, 0.29) is 5.91 Å². The third-order valence-electron chi connectivity index (χ3n) is 4.74. The Morgan fingerprint density at radius 1 is 0.964 bits per heavy atom. The molecule has 0 aromatic heterocycles. The molecule has 4 heteroatoms. The van der Waals surface area contributed by atoms with Crippen LogP contribution in [0.4, 0.5) is 5.69 Å². The topological polar surface area (TPSA) is 50.4 Å². The van der Waals surface area contributed by atoms with Crippen LogP contribution in [0.25, 0.3) is 0 Å². The summed E-state index contributed by atoms with van der Waals surface area (Å²) in [6, 6.07) is 25.1. The van der Waals surface area contributed by atoms with Crippen LogP contribution in [0.15, 0.2) is 78.9 Å². The van der Waals surface area contributed by atoms with Crippen molar-refractivity contribution in [1.82, 2.24) is 5.32 Å². The number of amides is 1. The molecule has 0 fully saturated rings. The monoisotopic (exact) mass is 374 g/mol. The van der Waals surface area contributed by atoms with E-state index in [1.54, 1.807) is 7.11 Å². The van der Waals surface area contributed by atoms with E-state index in [9.17, 15) is 4.79 Å². The minimum Gasteiger partial charge on any atom is -0.497 e. The highest BCUT2D eigenvalue weighted by Crippen LogP contribution is 2.20. The summed E-state index contributed by atoms with van der Waals surface area (Å²) in [5.74, 6) is 0.616. The lowest BCUT2D eigenvalue weighted by Gasteiger charge is -2.19. The Balaban J connectivity index is 1.71. The van der Waals surface area contributed by atoms with Gasteiger partial charge in [-0.25, -0.2) is 0 Å². The van der Waals surface area contributed by atoms with Gasteiger partial charge in [0.25, 0.3) is 0 Å². The average molecular weight is 374 g/mol.